The monoisotopic (exact) mass is 279 g/mol. The van der Waals surface area contributed by atoms with Gasteiger partial charge in [-0.3, -0.25) is 0 Å². The molecule has 0 unspecified atom stereocenters. The van der Waals surface area contributed by atoms with Crippen LogP contribution in [0.4, 0.5) is 5.69 Å². The van der Waals surface area contributed by atoms with Crippen molar-refractivity contribution in [2.75, 3.05) is 12.8 Å². The fraction of sp³-hybridized carbons (Fsp3) is 0.385. The summed E-state index contributed by atoms with van der Waals surface area (Å²) in [5.41, 5.74) is 6.40. The van der Waals surface area contributed by atoms with Gasteiger partial charge in [-0.1, -0.05) is 19.0 Å². The molecule has 19 heavy (non-hydrogen) atoms. The van der Waals surface area contributed by atoms with Gasteiger partial charge in [0.05, 0.1) is 12.9 Å². The van der Waals surface area contributed by atoms with Crippen LogP contribution in [0.25, 0.3) is 0 Å². The highest BCUT2D eigenvalue weighted by atomic mass is 32.2. The predicted octanol–water partition coefficient (Wildman–Crippen LogP) is 3.08. The molecule has 6 heteroatoms. The lowest BCUT2D eigenvalue weighted by molar-refractivity contribution is 0.362. The Morgan fingerprint density at radius 3 is 2.84 bits per heavy atom. The SMILES string of the molecule is COc1cc(N)ccc1SCc1noc(C(C)C)n1. The Hall–Kier alpha value is -1.69. The van der Waals surface area contributed by atoms with E-state index in [2.05, 4.69) is 10.1 Å². The molecule has 0 atom stereocenters. The minimum absolute atomic E-state index is 0.248. The number of nitrogens with zero attached hydrogens (tertiary/aromatic N) is 2. The van der Waals surface area contributed by atoms with Crippen LogP contribution in [0.15, 0.2) is 27.6 Å². The summed E-state index contributed by atoms with van der Waals surface area (Å²) in [5.74, 6) is 3.00. The van der Waals surface area contributed by atoms with Crippen molar-refractivity contribution < 1.29 is 9.26 Å². The van der Waals surface area contributed by atoms with Crippen LogP contribution < -0.4 is 10.5 Å². The predicted molar refractivity (Wildman–Crippen MR) is 75.4 cm³/mol. The molecule has 5 nitrogen and oxygen atoms in total. The van der Waals surface area contributed by atoms with Gasteiger partial charge in [0, 0.05) is 22.6 Å². The summed E-state index contributed by atoms with van der Waals surface area (Å²) >= 11 is 1.59. The lowest BCUT2D eigenvalue weighted by atomic mass is 10.2. The van der Waals surface area contributed by atoms with Crippen LogP contribution >= 0.6 is 11.8 Å². The van der Waals surface area contributed by atoms with Crippen molar-refractivity contribution in [3.05, 3.63) is 29.9 Å². The van der Waals surface area contributed by atoms with Crippen LogP contribution in [0.5, 0.6) is 5.75 Å². The molecule has 0 aliphatic rings. The van der Waals surface area contributed by atoms with E-state index in [-0.39, 0.29) is 5.92 Å². The van der Waals surface area contributed by atoms with Crippen LogP contribution in [0.1, 0.15) is 31.5 Å². The first-order chi connectivity index (χ1) is 9.10. The number of methoxy groups -OCH3 is 1. The van der Waals surface area contributed by atoms with E-state index in [4.69, 9.17) is 15.0 Å². The molecule has 2 rings (SSSR count). The quantitative estimate of drug-likeness (QED) is 0.669. The lowest BCUT2D eigenvalue weighted by Crippen LogP contribution is -1.92. The van der Waals surface area contributed by atoms with Gasteiger partial charge in [0.25, 0.3) is 0 Å². The van der Waals surface area contributed by atoms with E-state index in [9.17, 15) is 0 Å². The normalized spacial score (nSPS) is 10.9. The number of thioether (sulfide) groups is 1. The van der Waals surface area contributed by atoms with Gasteiger partial charge in [0.1, 0.15) is 5.75 Å². The molecule has 2 N–H and O–H groups in total. The van der Waals surface area contributed by atoms with Gasteiger partial charge in [-0.25, -0.2) is 0 Å². The van der Waals surface area contributed by atoms with Crippen LogP contribution in [-0.4, -0.2) is 17.3 Å². The maximum atomic E-state index is 5.72. The fourth-order valence-electron chi connectivity index (χ4n) is 1.51. The van der Waals surface area contributed by atoms with E-state index in [1.54, 1.807) is 24.9 Å². The van der Waals surface area contributed by atoms with Gasteiger partial charge in [0.2, 0.25) is 5.89 Å². The van der Waals surface area contributed by atoms with Gasteiger partial charge >= 0.3 is 0 Å². The van der Waals surface area contributed by atoms with Gasteiger partial charge in [-0.05, 0) is 12.1 Å². The molecule has 2 aromatic rings. The Morgan fingerprint density at radius 1 is 1.42 bits per heavy atom. The topological polar surface area (TPSA) is 74.2 Å². The summed E-state index contributed by atoms with van der Waals surface area (Å²) in [4.78, 5) is 5.34. The average Bonchev–Trinajstić information content (AvgIpc) is 2.86. The molecule has 0 saturated heterocycles. The molecule has 0 fully saturated rings. The molecule has 0 amide bonds. The number of nitrogen functional groups attached to an aromatic ring is 1. The molecule has 0 aliphatic heterocycles. The summed E-state index contributed by atoms with van der Waals surface area (Å²) in [5, 5.41) is 3.95. The molecular formula is C13H17N3O2S. The smallest absolute Gasteiger partial charge is 0.229 e. The molecule has 0 saturated carbocycles. The number of ether oxygens (including phenoxy) is 1. The third-order valence-corrected chi connectivity index (χ3v) is 3.57. The molecule has 1 heterocycles. The van der Waals surface area contributed by atoms with E-state index in [0.717, 1.165) is 10.6 Å². The zero-order valence-electron chi connectivity index (χ0n) is 11.2. The number of benzene rings is 1. The summed E-state index contributed by atoms with van der Waals surface area (Å²) in [6, 6.07) is 5.58. The highest BCUT2D eigenvalue weighted by molar-refractivity contribution is 7.98. The Kier molecular flexibility index (Phi) is 4.31. The van der Waals surface area contributed by atoms with E-state index >= 15 is 0 Å². The van der Waals surface area contributed by atoms with Gasteiger partial charge in [0.15, 0.2) is 5.82 Å². The van der Waals surface area contributed by atoms with E-state index in [0.29, 0.717) is 23.2 Å². The highest BCUT2D eigenvalue weighted by Gasteiger charge is 2.11. The largest absolute Gasteiger partial charge is 0.496 e. The Balaban J connectivity index is 2.05. The number of rotatable bonds is 5. The van der Waals surface area contributed by atoms with Crippen molar-refractivity contribution in [3.63, 3.8) is 0 Å². The van der Waals surface area contributed by atoms with Crippen molar-refractivity contribution >= 4 is 17.4 Å². The third kappa shape index (κ3) is 3.41. The number of hydrogen-bond acceptors (Lipinski definition) is 6. The Morgan fingerprint density at radius 2 is 2.21 bits per heavy atom. The Labute approximate surface area is 116 Å². The second kappa shape index (κ2) is 5.97. The van der Waals surface area contributed by atoms with E-state index in [1.165, 1.54) is 0 Å². The Bertz CT molecular complexity index is 555. The molecule has 0 bridgehead atoms. The number of anilines is 1. The fourth-order valence-corrected chi connectivity index (χ4v) is 2.36. The zero-order valence-corrected chi connectivity index (χ0v) is 12.0. The van der Waals surface area contributed by atoms with Crippen molar-refractivity contribution in [3.8, 4) is 5.75 Å². The molecular weight excluding hydrogens is 262 g/mol. The van der Waals surface area contributed by atoms with Crippen molar-refractivity contribution in [1.29, 1.82) is 0 Å². The second-order valence-electron chi connectivity index (χ2n) is 4.40. The maximum Gasteiger partial charge on any atom is 0.229 e. The maximum absolute atomic E-state index is 5.72. The molecule has 102 valence electrons. The third-order valence-electron chi connectivity index (χ3n) is 2.52. The van der Waals surface area contributed by atoms with Crippen molar-refractivity contribution in [1.82, 2.24) is 10.1 Å². The average molecular weight is 279 g/mol. The molecule has 0 radical (unpaired) electrons. The minimum Gasteiger partial charge on any atom is -0.496 e. The van der Waals surface area contributed by atoms with E-state index in [1.807, 2.05) is 26.0 Å². The highest BCUT2D eigenvalue weighted by Crippen LogP contribution is 2.32. The minimum atomic E-state index is 0.248. The van der Waals surface area contributed by atoms with Crippen LogP contribution in [0.3, 0.4) is 0 Å². The first-order valence-corrected chi connectivity index (χ1v) is 6.97. The second-order valence-corrected chi connectivity index (χ2v) is 5.42. The van der Waals surface area contributed by atoms with Crippen LogP contribution in [0, 0.1) is 0 Å². The number of aromatic nitrogens is 2. The molecule has 0 spiro atoms. The first-order valence-electron chi connectivity index (χ1n) is 5.99. The van der Waals surface area contributed by atoms with E-state index < -0.39 is 0 Å². The summed E-state index contributed by atoms with van der Waals surface area (Å²) in [7, 11) is 1.63. The molecule has 0 aliphatic carbocycles. The standard InChI is InChI=1S/C13H17N3O2S/c1-8(2)13-15-12(16-18-13)7-19-11-5-4-9(14)6-10(11)17-3/h4-6,8H,7,14H2,1-3H3. The van der Waals surface area contributed by atoms with Gasteiger partial charge < -0.3 is 15.0 Å². The summed E-state index contributed by atoms with van der Waals surface area (Å²) < 4.78 is 10.5. The molecule has 1 aromatic carbocycles. The summed E-state index contributed by atoms with van der Waals surface area (Å²) in [6.45, 7) is 4.04. The zero-order chi connectivity index (χ0) is 13.8. The summed E-state index contributed by atoms with van der Waals surface area (Å²) in [6.07, 6.45) is 0. The van der Waals surface area contributed by atoms with Gasteiger partial charge in [-0.2, -0.15) is 4.98 Å². The molecule has 1 aromatic heterocycles. The van der Waals surface area contributed by atoms with Crippen LogP contribution in [-0.2, 0) is 5.75 Å². The van der Waals surface area contributed by atoms with Gasteiger partial charge in [-0.15, -0.1) is 11.8 Å². The lowest BCUT2D eigenvalue weighted by Gasteiger charge is -2.07. The number of hydrogen-bond donors (Lipinski definition) is 1. The first kappa shape index (κ1) is 13.7. The van der Waals surface area contributed by atoms with Crippen LogP contribution in [0.2, 0.25) is 0 Å². The van der Waals surface area contributed by atoms with Crippen molar-refractivity contribution in [2.24, 2.45) is 0 Å². The number of nitrogens with two attached hydrogens (primary N) is 1. The van der Waals surface area contributed by atoms with Crippen molar-refractivity contribution in [2.45, 2.75) is 30.4 Å².